The smallest absolute Gasteiger partial charge is 0.224 e. The fraction of sp³-hybridized carbons (Fsp3) is 0.0909. The minimum atomic E-state index is -0.341. The quantitative estimate of drug-likeness (QED) is 0.848. The Morgan fingerprint density at radius 2 is 2.06 bits per heavy atom. The molecular formula is C11H8BrClFN3. The zero-order valence-electron chi connectivity index (χ0n) is 8.84. The lowest BCUT2D eigenvalue weighted by atomic mass is 10.3. The summed E-state index contributed by atoms with van der Waals surface area (Å²) >= 11 is 8.82. The van der Waals surface area contributed by atoms with Crippen molar-refractivity contribution in [2.45, 2.75) is 6.92 Å². The fourth-order valence-electron chi connectivity index (χ4n) is 1.32. The predicted molar refractivity (Wildman–Crippen MR) is 69.2 cm³/mol. The lowest BCUT2D eigenvalue weighted by molar-refractivity contribution is 0.622. The molecule has 88 valence electrons. The molecule has 2 aromatic rings. The number of rotatable bonds is 2. The molecule has 1 aromatic heterocycles. The topological polar surface area (TPSA) is 37.8 Å². The normalized spacial score (nSPS) is 10.4. The zero-order chi connectivity index (χ0) is 12.4. The molecule has 17 heavy (non-hydrogen) atoms. The maximum Gasteiger partial charge on any atom is 0.224 e. The van der Waals surface area contributed by atoms with E-state index in [1.165, 1.54) is 6.07 Å². The van der Waals surface area contributed by atoms with Crippen molar-refractivity contribution >= 4 is 39.0 Å². The second kappa shape index (κ2) is 4.98. The molecule has 6 heteroatoms. The summed E-state index contributed by atoms with van der Waals surface area (Å²) in [6.07, 6.45) is 0. The van der Waals surface area contributed by atoms with Crippen LogP contribution in [0.1, 0.15) is 5.69 Å². The Bertz CT molecular complexity index is 542. The third-order valence-corrected chi connectivity index (χ3v) is 2.83. The van der Waals surface area contributed by atoms with Gasteiger partial charge in [-0.2, -0.15) is 0 Å². The minimum Gasteiger partial charge on any atom is -0.340 e. The summed E-state index contributed by atoms with van der Waals surface area (Å²) in [5.41, 5.74) is 1.34. The number of halogens is 3. The highest BCUT2D eigenvalue weighted by atomic mass is 79.9. The summed E-state index contributed by atoms with van der Waals surface area (Å²) in [6, 6.07) is 6.45. The molecule has 0 radical (unpaired) electrons. The van der Waals surface area contributed by atoms with Crippen LogP contribution in [0.2, 0.25) is 5.28 Å². The van der Waals surface area contributed by atoms with Crippen LogP contribution in [0.15, 0.2) is 28.7 Å². The number of hydrogen-bond acceptors (Lipinski definition) is 3. The molecule has 0 unspecified atom stereocenters. The van der Waals surface area contributed by atoms with Crippen LogP contribution in [-0.2, 0) is 0 Å². The molecule has 0 bridgehead atoms. The molecule has 0 saturated heterocycles. The van der Waals surface area contributed by atoms with Gasteiger partial charge in [-0.1, -0.05) is 0 Å². The van der Waals surface area contributed by atoms with Crippen molar-refractivity contribution in [1.82, 2.24) is 9.97 Å². The van der Waals surface area contributed by atoms with Crippen molar-refractivity contribution in [3.8, 4) is 0 Å². The second-order valence-electron chi connectivity index (χ2n) is 3.42. The molecule has 2 rings (SSSR count). The van der Waals surface area contributed by atoms with Gasteiger partial charge in [-0.05, 0) is 52.7 Å². The van der Waals surface area contributed by atoms with E-state index in [0.717, 1.165) is 5.69 Å². The number of benzene rings is 1. The van der Waals surface area contributed by atoms with Crippen LogP contribution in [0, 0.1) is 12.7 Å². The van der Waals surface area contributed by atoms with Gasteiger partial charge >= 0.3 is 0 Å². The van der Waals surface area contributed by atoms with Crippen LogP contribution in [0.4, 0.5) is 15.9 Å². The van der Waals surface area contributed by atoms with Crippen molar-refractivity contribution in [1.29, 1.82) is 0 Å². The third kappa shape index (κ3) is 3.14. The van der Waals surface area contributed by atoms with E-state index in [1.807, 2.05) is 0 Å². The number of nitrogens with one attached hydrogen (secondary N) is 1. The SMILES string of the molecule is Cc1cc(Nc2ccc(Br)c(F)c2)nc(Cl)n1. The Labute approximate surface area is 111 Å². The molecule has 0 aliphatic rings. The number of aryl methyl sites for hydroxylation is 1. The van der Waals surface area contributed by atoms with Crippen molar-refractivity contribution in [2.75, 3.05) is 5.32 Å². The largest absolute Gasteiger partial charge is 0.340 e. The number of anilines is 2. The fourth-order valence-corrected chi connectivity index (χ4v) is 1.79. The van der Waals surface area contributed by atoms with E-state index in [1.54, 1.807) is 25.1 Å². The highest BCUT2D eigenvalue weighted by Gasteiger charge is 2.03. The summed E-state index contributed by atoms with van der Waals surface area (Å²) in [4.78, 5) is 7.93. The molecule has 0 atom stereocenters. The Hall–Kier alpha value is -1.20. The van der Waals surface area contributed by atoms with E-state index < -0.39 is 0 Å². The van der Waals surface area contributed by atoms with Crippen LogP contribution in [0.3, 0.4) is 0 Å². The first-order valence-corrected chi connectivity index (χ1v) is 5.95. The van der Waals surface area contributed by atoms with E-state index >= 15 is 0 Å². The van der Waals surface area contributed by atoms with E-state index in [0.29, 0.717) is 16.0 Å². The van der Waals surface area contributed by atoms with Gasteiger partial charge in [0.2, 0.25) is 5.28 Å². The van der Waals surface area contributed by atoms with Gasteiger partial charge in [0.25, 0.3) is 0 Å². The van der Waals surface area contributed by atoms with E-state index in [4.69, 9.17) is 11.6 Å². The average molecular weight is 317 g/mol. The van der Waals surface area contributed by atoms with Gasteiger partial charge in [0.1, 0.15) is 11.6 Å². The molecule has 0 saturated carbocycles. The maximum absolute atomic E-state index is 13.3. The van der Waals surface area contributed by atoms with Crippen LogP contribution in [-0.4, -0.2) is 9.97 Å². The summed E-state index contributed by atoms with van der Waals surface area (Å²) < 4.78 is 13.7. The number of aromatic nitrogens is 2. The molecule has 0 amide bonds. The summed E-state index contributed by atoms with van der Waals surface area (Å²) in [6.45, 7) is 1.81. The van der Waals surface area contributed by atoms with E-state index in [-0.39, 0.29) is 11.1 Å². The van der Waals surface area contributed by atoms with Crippen molar-refractivity contribution in [3.05, 3.63) is 45.5 Å². The van der Waals surface area contributed by atoms with Crippen molar-refractivity contribution < 1.29 is 4.39 Å². The summed E-state index contributed by atoms with van der Waals surface area (Å²) in [7, 11) is 0. The second-order valence-corrected chi connectivity index (χ2v) is 4.61. The van der Waals surface area contributed by atoms with Crippen LogP contribution in [0.25, 0.3) is 0 Å². The standard InChI is InChI=1S/C11H8BrClFN3/c1-6-4-10(17-11(13)15-6)16-7-2-3-8(12)9(14)5-7/h2-5H,1H3,(H,15,16,17). The van der Waals surface area contributed by atoms with Crippen LogP contribution < -0.4 is 5.32 Å². The van der Waals surface area contributed by atoms with Gasteiger partial charge in [-0.15, -0.1) is 0 Å². The molecular weight excluding hydrogens is 308 g/mol. The van der Waals surface area contributed by atoms with Gasteiger partial charge in [-0.25, -0.2) is 14.4 Å². The van der Waals surface area contributed by atoms with Gasteiger partial charge < -0.3 is 5.32 Å². The monoisotopic (exact) mass is 315 g/mol. The molecule has 0 fully saturated rings. The Morgan fingerprint density at radius 1 is 1.29 bits per heavy atom. The van der Waals surface area contributed by atoms with Crippen LogP contribution in [0.5, 0.6) is 0 Å². The molecule has 0 spiro atoms. The Kier molecular flexibility index (Phi) is 3.59. The highest BCUT2D eigenvalue weighted by molar-refractivity contribution is 9.10. The Balaban J connectivity index is 2.28. The number of hydrogen-bond donors (Lipinski definition) is 1. The highest BCUT2D eigenvalue weighted by Crippen LogP contribution is 2.22. The van der Waals surface area contributed by atoms with Crippen molar-refractivity contribution in [2.24, 2.45) is 0 Å². The molecule has 1 N–H and O–H groups in total. The van der Waals surface area contributed by atoms with Gasteiger partial charge in [0, 0.05) is 17.4 Å². The first-order valence-electron chi connectivity index (χ1n) is 4.78. The zero-order valence-corrected chi connectivity index (χ0v) is 11.2. The molecule has 3 nitrogen and oxygen atoms in total. The Morgan fingerprint density at radius 3 is 2.71 bits per heavy atom. The van der Waals surface area contributed by atoms with Crippen molar-refractivity contribution in [3.63, 3.8) is 0 Å². The molecule has 0 aliphatic heterocycles. The maximum atomic E-state index is 13.3. The molecule has 1 aromatic carbocycles. The summed E-state index contributed by atoms with van der Waals surface area (Å²) in [5.74, 6) is 0.191. The van der Waals surface area contributed by atoms with E-state index in [9.17, 15) is 4.39 Å². The lowest BCUT2D eigenvalue weighted by Crippen LogP contribution is -1.97. The molecule has 0 aliphatic carbocycles. The predicted octanol–water partition coefficient (Wildman–Crippen LogP) is 4.08. The molecule has 1 heterocycles. The van der Waals surface area contributed by atoms with Gasteiger partial charge in [0.05, 0.1) is 4.47 Å². The lowest BCUT2D eigenvalue weighted by Gasteiger charge is -2.07. The van der Waals surface area contributed by atoms with Crippen LogP contribution >= 0.6 is 27.5 Å². The first kappa shape index (κ1) is 12.3. The third-order valence-electron chi connectivity index (χ3n) is 2.02. The van der Waals surface area contributed by atoms with Gasteiger partial charge in [-0.3, -0.25) is 0 Å². The summed E-state index contributed by atoms with van der Waals surface area (Å²) in [5, 5.41) is 3.11. The first-order chi connectivity index (χ1) is 8.04. The average Bonchev–Trinajstić information content (AvgIpc) is 2.22. The van der Waals surface area contributed by atoms with Gasteiger partial charge in [0.15, 0.2) is 0 Å². The number of nitrogens with zero attached hydrogens (tertiary/aromatic N) is 2. The minimum absolute atomic E-state index is 0.157. The van der Waals surface area contributed by atoms with E-state index in [2.05, 4.69) is 31.2 Å².